The van der Waals surface area contributed by atoms with Gasteiger partial charge in [0.2, 0.25) is 17.5 Å². The maximum atomic E-state index is 12.0. The second-order valence-corrected chi connectivity index (χ2v) is 4.71. The van der Waals surface area contributed by atoms with Gasteiger partial charge in [0.1, 0.15) is 5.78 Å². The average molecular weight is 258 g/mol. The van der Waals surface area contributed by atoms with E-state index in [4.69, 9.17) is 4.52 Å². The first-order valence-electron chi connectivity index (χ1n) is 6.45. The summed E-state index contributed by atoms with van der Waals surface area (Å²) in [6.07, 6.45) is 7.70. The summed E-state index contributed by atoms with van der Waals surface area (Å²) < 4.78 is 5.09. The molecule has 1 saturated carbocycles. The topological polar surface area (TPSA) is 81.8 Å². The van der Waals surface area contributed by atoms with Crippen molar-refractivity contribution in [2.75, 3.05) is 0 Å². The quantitative estimate of drug-likeness (QED) is 0.832. The molecule has 3 rings (SSSR count). The second-order valence-electron chi connectivity index (χ2n) is 4.71. The number of nitrogens with zero attached hydrogens (tertiary/aromatic N) is 4. The van der Waals surface area contributed by atoms with E-state index in [1.165, 1.54) is 0 Å². The normalized spacial score (nSPS) is 15.8. The van der Waals surface area contributed by atoms with Gasteiger partial charge >= 0.3 is 0 Å². The number of carbonyl (C=O) groups is 1. The summed E-state index contributed by atoms with van der Waals surface area (Å²) in [6.45, 7) is 0. The molecule has 2 heterocycles. The first-order valence-corrected chi connectivity index (χ1v) is 6.45. The van der Waals surface area contributed by atoms with Gasteiger partial charge in [0, 0.05) is 18.3 Å². The fraction of sp³-hybridized carbons (Fsp3) is 0.462. The van der Waals surface area contributed by atoms with Crippen molar-refractivity contribution in [2.24, 2.45) is 5.92 Å². The fourth-order valence-electron chi connectivity index (χ4n) is 2.37. The highest BCUT2D eigenvalue weighted by molar-refractivity contribution is 5.82. The number of aromatic nitrogens is 4. The Labute approximate surface area is 110 Å². The Morgan fingerprint density at radius 1 is 1.21 bits per heavy atom. The summed E-state index contributed by atoms with van der Waals surface area (Å²) in [6, 6.07) is 1.72. The number of hydrogen-bond acceptors (Lipinski definition) is 6. The molecule has 1 fully saturated rings. The molecule has 0 aromatic carbocycles. The third-order valence-corrected chi connectivity index (χ3v) is 3.37. The van der Waals surface area contributed by atoms with Gasteiger partial charge < -0.3 is 4.52 Å². The van der Waals surface area contributed by atoms with Crippen LogP contribution in [0.2, 0.25) is 0 Å². The highest BCUT2D eigenvalue weighted by Crippen LogP contribution is 2.26. The predicted molar refractivity (Wildman–Crippen MR) is 66.0 cm³/mol. The molecular weight excluding hydrogens is 244 g/mol. The Morgan fingerprint density at radius 2 is 1.95 bits per heavy atom. The molecule has 0 unspecified atom stereocenters. The van der Waals surface area contributed by atoms with E-state index in [9.17, 15) is 4.79 Å². The minimum Gasteiger partial charge on any atom is -0.338 e. The third-order valence-electron chi connectivity index (χ3n) is 3.37. The lowest BCUT2D eigenvalue weighted by Crippen LogP contribution is -2.13. The fourth-order valence-corrected chi connectivity index (χ4v) is 2.37. The van der Waals surface area contributed by atoms with Gasteiger partial charge in [-0.15, -0.1) is 0 Å². The van der Waals surface area contributed by atoms with Crippen molar-refractivity contribution in [2.45, 2.75) is 32.1 Å². The van der Waals surface area contributed by atoms with Crippen LogP contribution in [0, 0.1) is 5.92 Å². The number of ketones is 1. The van der Waals surface area contributed by atoms with E-state index in [-0.39, 0.29) is 18.1 Å². The van der Waals surface area contributed by atoms with Gasteiger partial charge in [-0.1, -0.05) is 18.0 Å². The maximum Gasteiger partial charge on any atom is 0.240 e. The molecule has 6 nitrogen and oxygen atoms in total. The minimum absolute atomic E-state index is 0.170. The lowest BCUT2D eigenvalue weighted by molar-refractivity contribution is -0.122. The molecule has 0 N–H and O–H groups in total. The molecule has 0 radical (unpaired) electrons. The molecule has 19 heavy (non-hydrogen) atoms. The van der Waals surface area contributed by atoms with Crippen LogP contribution in [0.15, 0.2) is 23.0 Å². The zero-order chi connectivity index (χ0) is 13.1. The summed E-state index contributed by atoms with van der Waals surface area (Å²) in [7, 11) is 0. The first-order chi connectivity index (χ1) is 9.33. The van der Waals surface area contributed by atoms with Crippen LogP contribution in [-0.4, -0.2) is 25.9 Å². The molecule has 0 spiro atoms. The van der Waals surface area contributed by atoms with Crippen molar-refractivity contribution in [1.29, 1.82) is 0 Å². The molecule has 2 aromatic heterocycles. The average Bonchev–Trinajstić information content (AvgIpc) is 3.11. The van der Waals surface area contributed by atoms with Crippen molar-refractivity contribution in [1.82, 2.24) is 20.1 Å². The summed E-state index contributed by atoms with van der Waals surface area (Å²) in [5.74, 6) is 1.45. The van der Waals surface area contributed by atoms with Crippen LogP contribution >= 0.6 is 0 Å². The van der Waals surface area contributed by atoms with E-state index in [0.29, 0.717) is 17.5 Å². The monoisotopic (exact) mass is 258 g/mol. The van der Waals surface area contributed by atoms with Gasteiger partial charge in [0.15, 0.2) is 0 Å². The molecule has 0 saturated heterocycles. The van der Waals surface area contributed by atoms with Crippen LogP contribution in [0.3, 0.4) is 0 Å². The first kappa shape index (κ1) is 12.0. The van der Waals surface area contributed by atoms with Gasteiger partial charge in [-0.3, -0.25) is 4.79 Å². The van der Waals surface area contributed by atoms with Gasteiger partial charge in [0.25, 0.3) is 0 Å². The summed E-state index contributed by atoms with van der Waals surface area (Å²) in [5, 5.41) is 3.80. The highest BCUT2D eigenvalue weighted by atomic mass is 16.5. The van der Waals surface area contributed by atoms with Gasteiger partial charge in [-0.25, -0.2) is 9.97 Å². The standard InChI is InChI=1S/C13H14N4O2/c18-10(9-4-1-2-5-9)8-11-16-13(17-19-11)12-14-6-3-7-15-12/h3,6-7,9H,1-2,4-5,8H2. The predicted octanol–water partition coefficient (Wildman–Crippen LogP) is 1.83. The van der Waals surface area contributed by atoms with Gasteiger partial charge in [-0.2, -0.15) is 4.98 Å². The number of Topliss-reactive ketones (excluding diaryl/α,β-unsaturated/α-hetero) is 1. The molecular formula is C13H14N4O2. The number of rotatable bonds is 4. The smallest absolute Gasteiger partial charge is 0.240 e. The molecule has 1 aliphatic rings. The molecule has 98 valence electrons. The van der Waals surface area contributed by atoms with E-state index < -0.39 is 0 Å². The Morgan fingerprint density at radius 3 is 2.68 bits per heavy atom. The van der Waals surface area contributed by atoms with E-state index in [1.807, 2.05) is 0 Å². The minimum atomic E-state index is 0.170. The molecule has 0 amide bonds. The molecule has 0 aliphatic heterocycles. The van der Waals surface area contributed by atoms with Crippen LogP contribution in [0.25, 0.3) is 11.6 Å². The lowest BCUT2D eigenvalue weighted by Gasteiger charge is -2.04. The van der Waals surface area contributed by atoms with Crippen LogP contribution in [0.4, 0.5) is 0 Å². The number of hydrogen-bond donors (Lipinski definition) is 0. The van der Waals surface area contributed by atoms with Crippen molar-refractivity contribution >= 4 is 5.78 Å². The molecule has 1 aliphatic carbocycles. The van der Waals surface area contributed by atoms with Crippen LogP contribution in [0.1, 0.15) is 31.6 Å². The molecule has 0 bridgehead atoms. The zero-order valence-electron chi connectivity index (χ0n) is 10.5. The van der Waals surface area contributed by atoms with E-state index >= 15 is 0 Å². The SMILES string of the molecule is O=C(Cc1nc(-c2ncccn2)no1)C1CCCC1. The molecule has 2 aromatic rings. The summed E-state index contributed by atoms with van der Waals surface area (Å²) in [4.78, 5) is 24.2. The van der Waals surface area contributed by atoms with Crippen molar-refractivity contribution in [3.8, 4) is 11.6 Å². The summed E-state index contributed by atoms with van der Waals surface area (Å²) in [5.41, 5.74) is 0. The molecule has 0 atom stereocenters. The van der Waals surface area contributed by atoms with Crippen LogP contribution in [0.5, 0.6) is 0 Å². The largest absolute Gasteiger partial charge is 0.338 e. The van der Waals surface area contributed by atoms with Crippen molar-refractivity contribution < 1.29 is 9.32 Å². The Balaban J connectivity index is 1.70. The van der Waals surface area contributed by atoms with Crippen molar-refractivity contribution in [3.63, 3.8) is 0 Å². The highest BCUT2D eigenvalue weighted by Gasteiger charge is 2.24. The maximum absolute atomic E-state index is 12.0. The Hall–Kier alpha value is -2.11. The molecule has 6 heteroatoms. The lowest BCUT2D eigenvalue weighted by atomic mass is 10.0. The summed E-state index contributed by atoms with van der Waals surface area (Å²) >= 11 is 0. The Kier molecular flexibility index (Phi) is 3.31. The van der Waals surface area contributed by atoms with Crippen molar-refractivity contribution in [3.05, 3.63) is 24.4 Å². The Bertz CT molecular complexity index is 561. The second kappa shape index (κ2) is 5.26. The number of carbonyl (C=O) groups excluding carboxylic acids is 1. The third kappa shape index (κ3) is 2.67. The van der Waals surface area contributed by atoms with E-state index in [1.54, 1.807) is 18.5 Å². The van der Waals surface area contributed by atoms with Crippen LogP contribution < -0.4 is 0 Å². The van der Waals surface area contributed by atoms with Gasteiger partial charge in [0.05, 0.1) is 6.42 Å². The van der Waals surface area contributed by atoms with E-state index in [0.717, 1.165) is 25.7 Å². The van der Waals surface area contributed by atoms with Gasteiger partial charge in [-0.05, 0) is 18.9 Å². The van der Waals surface area contributed by atoms with E-state index in [2.05, 4.69) is 20.1 Å². The zero-order valence-corrected chi connectivity index (χ0v) is 10.5. The van der Waals surface area contributed by atoms with Crippen LogP contribution in [-0.2, 0) is 11.2 Å².